The van der Waals surface area contributed by atoms with Crippen LogP contribution in [-0.4, -0.2) is 51.5 Å². The number of benzene rings is 1. The number of aryl methyl sites for hydroxylation is 1. The number of ether oxygens (including phenoxy) is 1. The molecule has 0 N–H and O–H groups in total. The number of piperazine rings is 1. The van der Waals surface area contributed by atoms with Crippen LogP contribution >= 0.6 is 0 Å². The largest absolute Gasteiger partial charge is 0.573 e. The van der Waals surface area contributed by atoms with Gasteiger partial charge in [-0.3, -0.25) is 9.47 Å². The fourth-order valence-electron chi connectivity index (χ4n) is 4.57. The maximum atomic E-state index is 12.5. The van der Waals surface area contributed by atoms with E-state index < -0.39 is 12.1 Å². The van der Waals surface area contributed by atoms with Crippen LogP contribution < -0.4 is 15.3 Å². The molecule has 0 saturated carbocycles. The minimum Gasteiger partial charge on any atom is -0.406 e. The molecule has 0 spiro atoms. The van der Waals surface area contributed by atoms with E-state index in [1.165, 1.54) is 16.7 Å². The van der Waals surface area contributed by atoms with Crippen LogP contribution in [0.2, 0.25) is 0 Å². The van der Waals surface area contributed by atoms with Crippen LogP contribution in [0.4, 0.5) is 19.0 Å². The summed E-state index contributed by atoms with van der Waals surface area (Å²) < 4.78 is 42.8. The van der Waals surface area contributed by atoms with E-state index in [0.717, 1.165) is 12.0 Å². The summed E-state index contributed by atoms with van der Waals surface area (Å²) in [6, 6.07) is 11.3. The van der Waals surface area contributed by atoms with Crippen LogP contribution in [0.3, 0.4) is 0 Å². The fraction of sp³-hybridized carbons (Fsp3) is 0.417. The van der Waals surface area contributed by atoms with Crippen molar-refractivity contribution in [1.82, 2.24) is 19.4 Å². The highest BCUT2D eigenvalue weighted by atomic mass is 19.4. The lowest BCUT2D eigenvalue weighted by atomic mass is 10.0. The van der Waals surface area contributed by atoms with Crippen molar-refractivity contribution in [2.24, 2.45) is 7.05 Å². The summed E-state index contributed by atoms with van der Waals surface area (Å²) in [4.78, 5) is 25.5. The van der Waals surface area contributed by atoms with E-state index in [-0.39, 0.29) is 23.5 Å². The molecule has 2 unspecified atom stereocenters. The second-order valence-electron chi connectivity index (χ2n) is 8.49. The maximum absolute atomic E-state index is 12.5. The minimum atomic E-state index is -4.73. The van der Waals surface area contributed by atoms with Gasteiger partial charge in [0.1, 0.15) is 23.0 Å². The van der Waals surface area contributed by atoms with Gasteiger partial charge in [0.25, 0.3) is 0 Å². The molecule has 11 heteroatoms. The molecule has 0 bridgehead atoms. The zero-order valence-electron chi connectivity index (χ0n) is 19.6. The van der Waals surface area contributed by atoms with Crippen molar-refractivity contribution in [3.05, 3.63) is 58.1 Å². The first-order chi connectivity index (χ1) is 16.6. The van der Waals surface area contributed by atoms with E-state index in [1.807, 2.05) is 17.9 Å². The third kappa shape index (κ3) is 5.07. The molecule has 35 heavy (non-hydrogen) atoms. The first kappa shape index (κ1) is 24.5. The third-order valence-corrected chi connectivity index (χ3v) is 6.44. The predicted molar refractivity (Wildman–Crippen MR) is 124 cm³/mol. The van der Waals surface area contributed by atoms with Gasteiger partial charge in [0.05, 0.1) is 5.52 Å². The highest BCUT2D eigenvalue weighted by Crippen LogP contribution is 2.31. The number of rotatable bonds is 5. The summed E-state index contributed by atoms with van der Waals surface area (Å²) in [6.45, 7) is 5.89. The van der Waals surface area contributed by atoms with Crippen molar-refractivity contribution in [2.75, 3.05) is 24.5 Å². The summed E-state index contributed by atoms with van der Waals surface area (Å²) in [7, 11) is 1.62. The predicted octanol–water partition coefficient (Wildman–Crippen LogP) is 3.76. The SMILES string of the molecule is CCC1CN(c2nc(=O)n(C)c3ccc(C#N)nc23)CCN1C(C)c1ccc(OC(F)(F)F)cc1. The molecule has 2 aromatic heterocycles. The van der Waals surface area contributed by atoms with Gasteiger partial charge in [-0.05, 0) is 43.2 Å². The van der Waals surface area contributed by atoms with E-state index in [2.05, 4.69) is 26.5 Å². The number of nitriles is 1. The van der Waals surface area contributed by atoms with Crippen molar-refractivity contribution < 1.29 is 17.9 Å². The van der Waals surface area contributed by atoms with Crippen LogP contribution in [0.15, 0.2) is 41.2 Å². The molecule has 184 valence electrons. The van der Waals surface area contributed by atoms with E-state index in [1.54, 1.807) is 31.3 Å². The summed E-state index contributed by atoms with van der Waals surface area (Å²) in [5.74, 6) is 0.206. The number of fused-ring (bicyclic) bond motifs is 1. The highest BCUT2D eigenvalue weighted by Gasteiger charge is 2.33. The van der Waals surface area contributed by atoms with Crippen molar-refractivity contribution in [3.63, 3.8) is 0 Å². The van der Waals surface area contributed by atoms with Crippen molar-refractivity contribution >= 4 is 16.9 Å². The van der Waals surface area contributed by atoms with Crippen molar-refractivity contribution in [1.29, 1.82) is 5.26 Å². The molecule has 0 amide bonds. The molecule has 0 radical (unpaired) electrons. The third-order valence-electron chi connectivity index (χ3n) is 6.44. The molecule has 0 aliphatic carbocycles. The van der Waals surface area contributed by atoms with Crippen molar-refractivity contribution in [2.45, 2.75) is 38.7 Å². The van der Waals surface area contributed by atoms with Gasteiger partial charge in [0, 0.05) is 38.8 Å². The molecule has 1 aliphatic rings. The Labute approximate surface area is 200 Å². The van der Waals surface area contributed by atoms with Crippen LogP contribution in [0, 0.1) is 11.3 Å². The zero-order chi connectivity index (χ0) is 25.3. The number of anilines is 1. The number of hydrogen-bond donors (Lipinski definition) is 0. The first-order valence-corrected chi connectivity index (χ1v) is 11.3. The molecule has 4 rings (SSSR count). The molecule has 3 aromatic rings. The average Bonchev–Trinajstić information content (AvgIpc) is 2.84. The van der Waals surface area contributed by atoms with Gasteiger partial charge in [0.2, 0.25) is 0 Å². The second kappa shape index (κ2) is 9.54. The summed E-state index contributed by atoms with van der Waals surface area (Å²) in [6.07, 6.45) is -3.91. The number of hydrogen-bond acceptors (Lipinski definition) is 7. The number of alkyl halides is 3. The van der Waals surface area contributed by atoms with Crippen molar-refractivity contribution in [3.8, 4) is 11.8 Å². The number of halogens is 3. The number of pyridine rings is 1. The summed E-state index contributed by atoms with van der Waals surface area (Å²) in [5.41, 5.74) is 1.83. The smallest absolute Gasteiger partial charge is 0.406 e. The minimum absolute atomic E-state index is 0.0429. The Morgan fingerprint density at radius 1 is 1.17 bits per heavy atom. The van der Waals surface area contributed by atoms with Gasteiger partial charge in [-0.25, -0.2) is 9.78 Å². The molecule has 2 atom stereocenters. The second-order valence-corrected chi connectivity index (χ2v) is 8.49. The fourth-order valence-corrected chi connectivity index (χ4v) is 4.57. The molecule has 1 aromatic carbocycles. The van der Waals surface area contributed by atoms with Crippen LogP contribution in [-0.2, 0) is 7.05 Å². The molecular formula is C24H25F3N6O2. The van der Waals surface area contributed by atoms with Gasteiger partial charge in [0.15, 0.2) is 5.82 Å². The molecule has 1 saturated heterocycles. The number of aromatic nitrogens is 3. The lowest BCUT2D eigenvalue weighted by molar-refractivity contribution is -0.274. The van der Waals surface area contributed by atoms with E-state index in [9.17, 15) is 23.2 Å². The maximum Gasteiger partial charge on any atom is 0.573 e. The first-order valence-electron chi connectivity index (χ1n) is 11.3. The van der Waals surface area contributed by atoms with Crippen LogP contribution in [0.5, 0.6) is 5.75 Å². The Morgan fingerprint density at radius 2 is 1.89 bits per heavy atom. The lowest BCUT2D eigenvalue weighted by Crippen LogP contribution is -2.54. The Balaban J connectivity index is 1.58. The highest BCUT2D eigenvalue weighted by molar-refractivity contribution is 5.86. The van der Waals surface area contributed by atoms with Crippen LogP contribution in [0.1, 0.15) is 37.6 Å². The van der Waals surface area contributed by atoms with E-state index >= 15 is 0 Å². The Kier molecular flexibility index (Phi) is 6.67. The summed E-state index contributed by atoms with van der Waals surface area (Å²) >= 11 is 0. The molecule has 3 heterocycles. The zero-order valence-corrected chi connectivity index (χ0v) is 19.6. The van der Waals surface area contributed by atoms with E-state index in [4.69, 9.17) is 0 Å². The van der Waals surface area contributed by atoms with Gasteiger partial charge in [-0.2, -0.15) is 10.2 Å². The van der Waals surface area contributed by atoms with Crippen LogP contribution in [0.25, 0.3) is 11.0 Å². The Bertz CT molecular complexity index is 1320. The van der Waals surface area contributed by atoms with E-state index in [0.29, 0.717) is 36.5 Å². The lowest BCUT2D eigenvalue weighted by Gasteiger charge is -2.44. The van der Waals surface area contributed by atoms with Gasteiger partial charge < -0.3 is 9.64 Å². The number of nitrogens with zero attached hydrogens (tertiary/aromatic N) is 6. The molecular weight excluding hydrogens is 461 g/mol. The summed E-state index contributed by atoms with van der Waals surface area (Å²) in [5, 5.41) is 9.29. The Morgan fingerprint density at radius 3 is 2.51 bits per heavy atom. The topological polar surface area (TPSA) is 87.3 Å². The molecule has 8 nitrogen and oxygen atoms in total. The quantitative estimate of drug-likeness (QED) is 0.543. The average molecular weight is 486 g/mol. The standard InChI is InChI=1S/C24H25F3N6O2/c1-4-18-14-32(22-21-20(31(3)23(34)30-22)10-7-17(13-28)29-21)11-12-33(18)15(2)16-5-8-19(9-6-16)35-24(25,26)27/h5-10,15,18H,4,11-12,14H2,1-3H3. The molecule has 1 fully saturated rings. The monoisotopic (exact) mass is 486 g/mol. The van der Waals surface area contributed by atoms with Gasteiger partial charge >= 0.3 is 12.1 Å². The normalized spacial score (nSPS) is 17.9. The van der Waals surface area contributed by atoms with Gasteiger partial charge in [-0.1, -0.05) is 19.1 Å². The molecule has 1 aliphatic heterocycles. The Hall–Kier alpha value is -3.65. The van der Waals surface area contributed by atoms with Gasteiger partial charge in [-0.15, -0.1) is 13.2 Å².